The molecule has 0 aliphatic carbocycles. The topological polar surface area (TPSA) is 38.1 Å². The van der Waals surface area contributed by atoms with Crippen LogP contribution in [0.1, 0.15) is 43.2 Å². The van der Waals surface area contributed by atoms with Crippen molar-refractivity contribution in [3.63, 3.8) is 0 Å². The summed E-state index contributed by atoms with van der Waals surface area (Å²) < 4.78 is 1.88. The number of rotatable bonds is 6. The van der Waals surface area contributed by atoms with Crippen LogP contribution in [0.2, 0.25) is 0 Å². The van der Waals surface area contributed by atoms with Crippen LogP contribution in [0.5, 0.6) is 0 Å². The van der Waals surface area contributed by atoms with Gasteiger partial charge < -0.3 is 4.90 Å². The van der Waals surface area contributed by atoms with Crippen LogP contribution in [0.15, 0.2) is 30.3 Å². The van der Waals surface area contributed by atoms with E-state index in [0.29, 0.717) is 11.6 Å². The summed E-state index contributed by atoms with van der Waals surface area (Å²) >= 11 is 0. The van der Waals surface area contributed by atoms with E-state index < -0.39 is 0 Å². The van der Waals surface area contributed by atoms with E-state index >= 15 is 0 Å². The first-order valence-corrected chi connectivity index (χ1v) is 7.50. The minimum Gasteiger partial charge on any atom is -0.353 e. The van der Waals surface area contributed by atoms with Gasteiger partial charge in [0.2, 0.25) is 0 Å². The Hall–Kier alpha value is -2.10. The Labute approximate surface area is 126 Å². The fourth-order valence-electron chi connectivity index (χ4n) is 2.58. The molecule has 1 atom stereocenters. The molecule has 0 N–H and O–H groups in total. The molecule has 0 saturated heterocycles. The Morgan fingerprint density at radius 1 is 1.29 bits per heavy atom. The summed E-state index contributed by atoms with van der Waals surface area (Å²) in [6.45, 7) is 9.17. The Morgan fingerprint density at radius 3 is 2.48 bits per heavy atom. The van der Waals surface area contributed by atoms with Gasteiger partial charge in [0.15, 0.2) is 6.29 Å². The van der Waals surface area contributed by atoms with Crippen LogP contribution < -0.4 is 4.90 Å². The highest BCUT2D eigenvalue weighted by Crippen LogP contribution is 2.28. The lowest BCUT2D eigenvalue weighted by Gasteiger charge is -2.30. The van der Waals surface area contributed by atoms with Crippen LogP contribution in [0.25, 0.3) is 5.69 Å². The van der Waals surface area contributed by atoms with Crippen molar-refractivity contribution in [3.05, 3.63) is 41.6 Å². The second-order valence-corrected chi connectivity index (χ2v) is 5.23. The summed E-state index contributed by atoms with van der Waals surface area (Å²) in [4.78, 5) is 13.8. The van der Waals surface area contributed by atoms with Crippen LogP contribution in [0, 0.1) is 6.92 Å². The predicted octanol–water partition coefficient (Wildman–Crippen LogP) is 3.62. The molecule has 1 aromatic heterocycles. The lowest BCUT2D eigenvalue weighted by Crippen LogP contribution is -2.34. The van der Waals surface area contributed by atoms with E-state index in [4.69, 9.17) is 0 Å². The monoisotopic (exact) mass is 285 g/mol. The van der Waals surface area contributed by atoms with Crippen molar-refractivity contribution in [3.8, 4) is 5.69 Å². The number of anilines is 1. The molecule has 0 fully saturated rings. The lowest BCUT2D eigenvalue weighted by atomic mass is 10.2. The largest absolute Gasteiger partial charge is 0.353 e. The molecular weight excluding hydrogens is 262 g/mol. The Balaban J connectivity index is 2.64. The third kappa shape index (κ3) is 2.84. The molecule has 0 bridgehead atoms. The van der Waals surface area contributed by atoms with Gasteiger partial charge in [-0.3, -0.25) is 4.79 Å². The van der Waals surface area contributed by atoms with Gasteiger partial charge in [0, 0.05) is 12.6 Å². The highest BCUT2D eigenvalue weighted by molar-refractivity contribution is 5.85. The first-order valence-electron chi connectivity index (χ1n) is 7.50. The maximum absolute atomic E-state index is 11.5. The highest BCUT2D eigenvalue weighted by Gasteiger charge is 2.23. The molecule has 1 aromatic carbocycles. The van der Waals surface area contributed by atoms with E-state index in [-0.39, 0.29) is 0 Å². The zero-order valence-electron chi connectivity index (χ0n) is 13.2. The van der Waals surface area contributed by atoms with Crippen molar-refractivity contribution >= 4 is 12.1 Å². The van der Waals surface area contributed by atoms with Crippen molar-refractivity contribution in [2.45, 2.75) is 40.2 Å². The number of aromatic nitrogens is 2. The molecule has 2 aromatic rings. The molecule has 0 aliphatic heterocycles. The SMILES string of the molecule is CCC(C)N(CC)c1c(C=O)c(C)nn1-c1ccccc1. The molecule has 21 heavy (non-hydrogen) atoms. The Bertz CT molecular complexity index is 604. The van der Waals surface area contributed by atoms with Gasteiger partial charge in [0.25, 0.3) is 0 Å². The quantitative estimate of drug-likeness (QED) is 0.761. The number of para-hydroxylation sites is 1. The van der Waals surface area contributed by atoms with Gasteiger partial charge in [-0.2, -0.15) is 5.10 Å². The fraction of sp³-hybridized carbons (Fsp3) is 0.412. The number of aldehydes is 1. The van der Waals surface area contributed by atoms with Gasteiger partial charge in [0.05, 0.1) is 16.9 Å². The third-order valence-electron chi connectivity index (χ3n) is 3.94. The van der Waals surface area contributed by atoms with Crippen LogP contribution in [0.4, 0.5) is 5.82 Å². The molecule has 0 aliphatic rings. The number of hydrogen-bond donors (Lipinski definition) is 0. The summed E-state index contributed by atoms with van der Waals surface area (Å²) in [5.74, 6) is 0.894. The van der Waals surface area contributed by atoms with Gasteiger partial charge >= 0.3 is 0 Å². The summed E-state index contributed by atoms with van der Waals surface area (Å²) in [6.07, 6.45) is 1.94. The van der Waals surface area contributed by atoms with Crippen molar-refractivity contribution in [2.75, 3.05) is 11.4 Å². The van der Waals surface area contributed by atoms with E-state index in [1.54, 1.807) is 0 Å². The number of benzene rings is 1. The number of hydrogen-bond acceptors (Lipinski definition) is 3. The second kappa shape index (κ2) is 6.57. The van der Waals surface area contributed by atoms with Crippen LogP contribution >= 0.6 is 0 Å². The molecule has 0 radical (unpaired) electrons. The maximum atomic E-state index is 11.5. The minimum absolute atomic E-state index is 0.354. The molecule has 0 spiro atoms. The smallest absolute Gasteiger partial charge is 0.155 e. The average molecular weight is 285 g/mol. The first kappa shape index (κ1) is 15.3. The van der Waals surface area contributed by atoms with Gasteiger partial charge in [-0.15, -0.1) is 0 Å². The van der Waals surface area contributed by atoms with E-state index in [9.17, 15) is 4.79 Å². The van der Waals surface area contributed by atoms with Crippen molar-refractivity contribution in [2.24, 2.45) is 0 Å². The molecule has 1 unspecified atom stereocenters. The molecular formula is C17H23N3O. The molecule has 4 nitrogen and oxygen atoms in total. The second-order valence-electron chi connectivity index (χ2n) is 5.23. The maximum Gasteiger partial charge on any atom is 0.155 e. The van der Waals surface area contributed by atoms with E-state index in [1.807, 2.05) is 41.9 Å². The first-order chi connectivity index (χ1) is 10.1. The molecule has 4 heteroatoms. The van der Waals surface area contributed by atoms with Gasteiger partial charge in [0.1, 0.15) is 5.82 Å². The van der Waals surface area contributed by atoms with E-state index in [2.05, 4.69) is 30.8 Å². The Morgan fingerprint density at radius 2 is 1.95 bits per heavy atom. The molecule has 1 heterocycles. The lowest BCUT2D eigenvalue weighted by molar-refractivity contribution is 0.112. The molecule has 0 amide bonds. The molecule has 2 rings (SSSR count). The minimum atomic E-state index is 0.354. The summed E-state index contributed by atoms with van der Waals surface area (Å²) in [5.41, 5.74) is 2.43. The zero-order chi connectivity index (χ0) is 15.4. The van der Waals surface area contributed by atoms with Gasteiger partial charge in [-0.25, -0.2) is 4.68 Å². The molecule has 0 saturated carbocycles. The van der Waals surface area contributed by atoms with E-state index in [0.717, 1.165) is 36.5 Å². The highest BCUT2D eigenvalue weighted by atomic mass is 16.1. The Kier molecular flexibility index (Phi) is 4.78. The van der Waals surface area contributed by atoms with Crippen molar-refractivity contribution in [1.29, 1.82) is 0 Å². The van der Waals surface area contributed by atoms with Gasteiger partial charge in [-0.1, -0.05) is 25.1 Å². The normalized spacial score (nSPS) is 12.2. The van der Waals surface area contributed by atoms with Crippen LogP contribution in [-0.2, 0) is 0 Å². The van der Waals surface area contributed by atoms with Crippen molar-refractivity contribution in [1.82, 2.24) is 9.78 Å². The van der Waals surface area contributed by atoms with Crippen LogP contribution in [-0.4, -0.2) is 28.7 Å². The fourth-order valence-corrected chi connectivity index (χ4v) is 2.58. The molecule has 112 valence electrons. The van der Waals surface area contributed by atoms with E-state index in [1.165, 1.54) is 0 Å². The average Bonchev–Trinajstić information content (AvgIpc) is 2.85. The van der Waals surface area contributed by atoms with Gasteiger partial charge in [-0.05, 0) is 39.3 Å². The zero-order valence-corrected chi connectivity index (χ0v) is 13.2. The number of nitrogens with zero attached hydrogens (tertiary/aromatic N) is 3. The van der Waals surface area contributed by atoms with Crippen LogP contribution in [0.3, 0.4) is 0 Å². The predicted molar refractivity (Wildman–Crippen MR) is 86.5 cm³/mol. The summed E-state index contributed by atoms with van der Waals surface area (Å²) in [6, 6.07) is 10.3. The standard InChI is InChI=1S/C17H23N3O/c1-5-13(3)19(6-2)17-16(12-21)14(4)18-20(17)15-10-8-7-9-11-15/h7-13H,5-6H2,1-4H3. The summed E-state index contributed by atoms with van der Waals surface area (Å²) in [7, 11) is 0. The number of carbonyl (C=O) groups is 1. The number of carbonyl (C=O) groups excluding carboxylic acids is 1. The summed E-state index contributed by atoms with van der Waals surface area (Å²) in [5, 5.41) is 4.58. The number of aryl methyl sites for hydroxylation is 1. The van der Waals surface area contributed by atoms with Crippen molar-refractivity contribution < 1.29 is 4.79 Å². The third-order valence-corrected chi connectivity index (χ3v) is 3.94.